The van der Waals surface area contributed by atoms with Gasteiger partial charge in [0.25, 0.3) is 0 Å². The van der Waals surface area contributed by atoms with E-state index >= 15 is 0 Å². The van der Waals surface area contributed by atoms with Gasteiger partial charge in [-0.15, -0.1) is 0 Å². The number of rotatable bonds is 7. The standard InChI is InChI=1S/C19H28O11/c20-6-10-12(22)14(24)16(26)18(28-10)30-17-15(25)13(23)11(7-21)29-19(17)27-8-9-4-2-1-3-5-9/h1-5,10-26H,6-8H2/t10-,11-,12+,13+,14+,15+,16-,17-,18+,19-/m1/s1. The molecule has 0 aromatic heterocycles. The molecule has 1 aromatic carbocycles. The Hall–Kier alpha value is -1.22. The second kappa shape index (κ2) is 10.4. The highest BCUT2D eigenvalue weighted by Gasteiger charge is 2.50. The summed E-state index contributed by atoms with van der Waals surface area (Å²) in [5.41, 5.74) is 0.786. The zero-order chi connectivity index (χ0) is 21.8. The van der Waals surface area contributed by atoms with Gasteiger partial charge in [-0.1, -0.05) is 30.3 Å². The molecule has 0 unspecified atom stereocenters. The van der Waals surface area contributed by atoms with Crippen molar-refractivity contribution < 1.29 is 54.7 Å². The molecular weight excluding hydrogens is 404 g/mol. The van der Waals surface area contributed by atoms with Gasteiger partial charge in [0.15, 0.2) is 12.6 Å². The fourth-order valence-corrected chi connectivity index (χ4v) is 3.42. The van der Waals surface area contributed by atoms with Crippen LogP contribution in [0.5, 0.6) is 0 Å². The van der Waals surface area contributed by atoms with Gasteiger partial charge in [-0.3, -0.25) is 0 Å². The summed E-state index contributed by atoms with van der Waals surface area (Å²) in [6.45, 7) is -1.19. The maximum absolute atomic E-state index is 10.5. The van der Waals surface area contributed by atoms with Crippen LogP contribution in [0, 0.1) is 0 Å². The molecule has 2 saturated heterocycles. The van der Waals surface area contributed by atoms with Gasteiger partial charge in [-0.05, 0) is 5.56 Å². The topological polar surface area (TPSA) is 179 Å². The summed E-state index contributed by atoms with van der Waals surface area (Å²) >= 11 is 0. The summed E-state index contributed by atoms with van der Waals surface area (Å²) in [4.78, 5) is 0. The molecule has 170 valence electrons. The maximum atomic E-state index is 10.5. The molecule has 0 saturated carbocycles. The summed E-state index contributed by atoms with van der Waals surface area (Å²) in [7, 11) is 0. The Morgan fingerprint density at radius 1 is 0.700 bits per heavy atom. The minimum Gasteiger partial charge on any atom is -0.394 e. The van der Waals surface area contributed by atoms with Crippen LogP contribution in [0.1, 0.15) is 5.56 Å². The van der Waals surface area contributed by atoms with E-state index < -0.39 is 74.6 Å². The second-order valence-electron chi connectivity index (χ2n) is 7.30. The third kappa shape index (κ3) is 4.98. The Labute approximate surface area is 172 Å². The van der Waals surface area contributed by atoms with Crippen LogP contribution in [0.3, 0.4) is 0 Å². The molecule has 0 aliphatic carbocycles. The summed E-state index contributed by atoms with van der Waals surface area (Å²) < 4.78 is 22.1. The first-order valence-electron chi connectivity index (χ1n) is 9.61. The van der Waals surface area contributed by atoms with E-state index in [1.54, 1.807) is 24.3 Å². The van der Waals surface area contributed by atoms with Crippen LogP contribution >= 0.6 is 0 Å². The number of benzene rings is 1. The molecular formula is C19H28O11. The van der Waals surface area contributed by atoms with E-state index in [9.17, 15) is 35.7 Å². The fourth-order valence-electron chi connectivity index (χ4n) is 3.42. The van der Waals surface area contributed by atoms with E-state index in [-0.39, 0.29) is 6.61 Å². The van der Waals surface area contributed by atoms with Gasteiger partial charge in [-0.25, -0.2) is 0 Å². The molecule has 2 fully saturated rings. The maximum Gasteiger partial charge on any atom is 0.187 e. The van der Waals surface area contributed by atoms with E-state index in [1.807, 2.05) is 6.07 Å². The summed E-state index contributed by atoms with van der Waals surface area (Å²) in [5, 5.41) is 69.5. The summed E-state index contributed by atoms with van der Waals surface area (Å²) in [5.74, 6) is 0. The average Bonchev–Trinajstić information content (AvgIpc) is 2.77. The Kier molecular flexibility index (Phi) is 8.12. The lowest BCUT2D eigenvalue weighted by Gasteiger charge is -2.45. The van der Waals surface area contributed by atoms with E-state index in [1.165, 1.54) is 0 Å². The molecule has 2 aliphatic rings. The summed E-state index contributed by atoms with van der Waals surface area (Å²) in [6.07, 6.45) is -14.7. The van der Waals surface area contributed by atoms with Crippen LogP contribution in [0.25, 0.3) is 0 Å². The minimum absolute atomic E-state index is 0.0566. The van der Waals surface area contributed by atoms with Crippen LogP contribution in [0.4, 0.5) is 0 Å². The van der Waals surface area contributed by atoms with Crippen molar-refractivity contribution in [3.63, 3.8) is 0 Å². The Morgan fingerprint density at radius 2 is 1.27 bits per heavy atom. The van der Waals surface area contributed by atoms with Crippen LogP contribution < -0.4 is 0 Å². The Balaban J connectivity index is 1.75. The second-order valence-corrected chi connectivity index (χ2v) is 7.30. The highest BCUT2D eigenvalue weighted by atomic mass is 16.8. The molecule has 2 heterocycles. The molecule has 30 heavy (non-hydrogen) atoms. The van der Waals surface area contributed by atoms with Gasteiger partial charge in [0.05, 0.1) is 19.8 Å². The molecule has 7 N–H and O–H groups in total. The number of hydrogen-bond donors (Lipinski definition) is 7. The molecule has 0 amide bonds. The lowest BCUT2D eigenvalue weighted by atomic mass is 9.97. The zero-order valence-electron chi connectivity index (χ0n) is 16.0. The predicted octanol–water partition coefficient (Wildman–Crippen LogP) is -3.17. The van der Waals surface area contributed by atoms with E-state index in [0.717, 1.165) is 5.56 Å². The van der Waals surface area contributed by atoms with E-state index in [4.69, 9.17) is 18.9 Å². The van der Waals surface area contributed by atoms with Crippen molar-refractivity contribution >= 4 is 0 Å². The lowest BCUT2D eigenvalue weighted by Crippen LogP contribution is -2.64. The Morgan fingerprint density at radius 3 is 1.87 bits per heavy atom. The molecule has 3 rings (SSSR count). The molecule has 1 aromatic rings. The molecule has 0 radical (unpaired) electrons. The Bertz CT molecular complexity index is 645. The molecule has 11 heteroatoms. The molecule has 2 aliphatic heterocycles. The first-order chi connectivity index (χ1) is 14.4. The largest absolute Gasteiger partial charge is 0.394 e. The van der Waals surface area contributed by atoms with Gasteiger partial charge < -0.3 is 54.7 Å². The third-order valence-corrected chi connectivity index (χ3v) is 5.22. The van der Waals surface area contributed by atoms with Crippen molar-refractivity contribution in [3.05, 3.63) is 35.9 Å². The summed E-state index contributed by atoms with van der Waals surface area (Å²) in [6, 6.07) is 9.03. The third-order valence-electron chi connectivity index (χ3n) is 5.22. The number of hydrogen-bond acceptors (Lipinski definition) is 11. The molecule has 0 bridgehead atoms. The van der Waals surface area contributed by atoms with Crippen molar-refractivity contribution in [2.24, 2.45) is 0 Å². The predicted molar refractivity (Wildman–Crippen MR) is 97.6 cm³/mol. The number of aliphatic hydroxyl groups excluding tert-OH is 7. The van der Waals surface area contributed by atoms with Crippen molar-refractivity contribution in [3.8, 4) is 0 Å². The van der Waals surface area contributed by atoms with Crippen LogP contribution in [-0.2, 0) is 25.6 Å². The van der Waals surface area contributed by atoms with Crippen LogP contribution in [0.15, 0.2) is 30.3 Å². The van der Waals surface area contributed by atoms with Crippen LogP contribution in [-0.4, -0.2) is 110 Å². The molecule has 11 nitrogen and oxygen atoms in total. The van der Waals surface area contributed by atoms with Gasteiger partial charge in [0.1, 0.15) is 48.8 Å². The zero-order valence-corrected chi connectivity index (χ0v) is 16.0. The monoisotopic (exact) mass is 432 g/mol. The first kappa shape index (κ1) is 23.4. The van der Waals surface area contributed by atoms with Crippen molar-refractivity contribution in [1.82, 2.24) is 0 Å². The quantitative estimate of drug-likeness (QED) is 0.231. The van der Waals surface area contributed by atoms with Crippen molar-refractivity contribution in [1.29, 1.82) is 0 Å². The highest BCUT2D eigenvalue weighted by molar-refractivity contribution is 5.13. The van der Waals surface area contributed by atoms with Crippen LogP contribution in [0.2, 0.25) is 0 Å². The van der Waals surface area contributed by atoms with Crippen molar-refractivity contribution in [2.75, 3.05) is 13.2 Å². The average molecular weight is 432 g/mol. The molecule has 0 spiro atoms. The van der Waals surface area contributed by atoms with Gasteiger partial charge >= 0.3 is 0 Å². The SMILES string of the molecule is OC[C@H]1O[C@@H](O[C@H]2[C@H](OCc3ccccc3)O[C@H](CO)[C@H](O)[C@@H]2O)[C@H](O)[C@@H](O)[C@H]1O. The van der Waals surface area contributed by atoms with Gasteiger partial charge in [0, 0.05) is 0 Å². The molecule has 10 atom stereocenters. The fraction of sp³-hybridized carbons (Fsp3) is 0.684. The number of ether oxygens (including phenoxy) is 4. The normalized spacial score (nSPS) is 42.2. The minimum atomic E-state index is -1.71. The first-order valence-corrected chi connectivity index (χ1v) is 9.61. The van der Waals surface area contributed by atoms with Gasteiger partial charge in [-0.2, -0.15) is 0 Å². The highest BCUT2D eigenvalue weighted by Crippen LogP contribution is 2.30. The van der Waals surface area contributed by atoms with E-state index in [0.29, 0.717) is 0 Å². The van der Waals surface area contributed by atoms with E-state index in [2.05, 4.69) is 0 Å². The smallest absolute Gasteiger partial charge is 0.187 e. The lowest BCUT2D eigenvalue weighted by molar-refractivity contribution is -0.368. The number of aliphatic hydroxyl groups is 7. The van der Waals surface area contributed by atoms with Crippen molar-refractivity contribution in [2.45, 2.75) is 68.0 Å². The van der Waals surface area contributed by atoms with Gasteiger partial charge in [0.2, 0.25) is 0 Å².